The second kappa shape index (κ2) is 4.37. The Morgan fingerprint density at radius 3 is 2.21 bits per heavy atom. The number of carboxylic acids is 1. The van der Waals surface area contributed by atoms with E-state index in [1.165, 1.54) is 0 Å². The molecule has 0 radical (unpaired) electrons. The van der Waals surface area contributed by atoms with Gasteiger partial charge in [-0.1, -0.05) is 18.6 Å². The number of carbonyl (C=O) groups is 2. The zero-order chi connectivity index (χ0) is 13.5. The number of amides is 1. The van der Waals surface area contributed by atoms with Crippen molar-refractivity contribution in [2.75, 3.05) is 5.32 Å². The smallest absolute Gasteiger partial charge is 0.314 e. The first-order chi connectivity index (χ1) is 9.12. The highest BCUT2D eigenvalue weighted by Crippen LogP contribution is 2.48. The SMILES string of the molecule is O=C(Nc1ccc(C2(C(=O)O)CC2)cc1)C1CCC1. The van der Waals surface area contributed by atoms with E-state index in [0.717, 1.165) is 30.5 Å². The molecule has 0 unspecified atom stereocenters. The lowest BCUT2D eigenvalue weighted by molar-refractivity contribution is -0.140. The van der Waals surface area contributed by atoms with Crippen molar-refractivity contribution in [1.82, 2.24) is 0 Å². The van der Waals surface area contributed by atoms with Crippen LogP contribution < -0.4 is 5.32 Å². The molecular formula is C15H17NO3. The van der Waals surface area contributed by atoms with Crippen molar-refractivity contribution in [2.24, 2.45) is 5.92 Å². The Morgan fingerprint density at radius 1 is 1.16 bits per heavy atom. The van der Waals surface area contributed by atoms with Crippen LogP contribution in [0.4, 0.5) is 5.69 Å². The van der Waals surface area contributed by atoms with Gasteiger partial charge in [0.25, 0.3) is 0 Å². The van der Waals surface area contributed by atoms with E-state index in [1.54, 1.807) is 12.1 Å². The van der Waals surface area contributed by atoms with Crippen LogP contribution in [-0.2, 0) is 15.0 Å². The van der Waals surface area contributed by atoms with Gasteiger partial charge in [0.05, 0.1) is 5.41 Å². The van der Waals surface area contributed by atoms with Gasteiger partial charge in [0.1, 0.15) is 0 Å². The number of hydrogen-bond donors (Lipinski definition) is 2. The summed E-state index contributed by atoms with van der Waals surface area (Å²) in [4.78, 5) is 23.0. The molecule has 100 valence electrons. The molecule has 0 saturated heterocycles. The number of carbonyl (C=O) groups excluding carboxylic acids is 1. The molecule has 2 aliphatic rings. The summed E-state index contributed by atoms with van der Waals surface area (Å²) in [6.07, 6.45) is 4.50. The molecule has 0 heterocycles. The third-order valence-corrected chi connectivity index (χ3v) is 4.34. The number of anilines is 1. The minimum Gasteiger partial charge on any atom is -0.481 e. The number of carboxylic acid groups (broad SMARTS) is 1. The third kappa shape index (κ3) is 2.11. The van der Waals surface area contributed by atoms with Gasteiger partial charge in [0.15, 0.2) is 0 Å². The fourth-order valence-electron chi connectivity index (χ4n) is 2.54. The predicted molar refractivity (Wildman–Crippen MR) is 71.0 cm³/mol. The molecule has 0 atom stereocenters. The van der Waals surface area contributed by atoms with Crippen LogP contribution in [0.1, 0.15) is 37.7 Å². The van der Waals surface area contributed by atoms with E-state index in [4.69, 9.17) is 0 Å². The molecule has 4 nitrogen and oxygen atoms in total. The molecule has 2 fully saturated rings. The molecule has 1 amide bonds. The third-order valence-electron chi connectivity index (χ3n) is 4.34. The zero-order valence-corrected chi connectivity index (χ0v) is 10.7. The van der Waals surface area contributed by atoms with Crippen LogP contribution in [0.3, 0.4) is 0 Å². The second-order valence-electron chi connectivity index (χ2n) is 5.58. The highest BCUT2D eigenvalue weighted by molar-refractivity contribution is 5.93. The highest BCUT2D eigenvalue weighted by atomic mass is 16.4. The first-order valence-corrected chi connectivity index (χ1v) is 6.77. The van der Waals surface area contributed by atoms with E-state index in [9.17, 15) is 14.7 Å². The summed E-state index contributed by atoms with van der Waals surface area (Å²) < 4.78 is 0. The molecule has 1 aromatic rings. The summed E-state index contributed by atoms with van der Waals surface area (Å²) in [5.41, 5.74) is 0.916. The van der Waals surface area contributed by atoms with Crippen molar-refractivity contribution in [3.63, 3.8) is 0 Å². The van der Waals surface area contributed by atoms with E-state index in [2.05, 4.69) is 5.32 Å². The minimum absolute atomic E-state index is 0.0818. The Hall–Kier alpha value is -1.84. The van der Waals surface area contributed by atoms with Crippen molar-refractivity contribution in [2.45, 2.75) is 37.5 Å². The molecule has 0 aliphatic heterocycles. The summed E-state index contributed by atoms with van der Waals surface area (Å²) in [5, 5.41) is 12.1. The van der Waals surface area contributed by atoms with Crippen LogP contribution in [0, 0.1) is 5.92 Å². The number of nitrogens with one attached hydrogen (secondary N) is 1. The lowest BCUT2D eigenvalue weighted by atomic mass is 9.85. The topological polar surface area (TPSA) is 66.4 Å². The van der Waals surface area contributed by atoms with Crippen molar-refractivity contribution in [3.8, 4) is 0 Å². The molecular weight excluding hydrogens is 242 g/mol. The van der Waals surface area contributed by atoms with E-state index < -0.39 is 11.4 Å². The van der Waals surface area contributed by atoms with Crippen LogP contribution in [0.5, 0.6) is 0 Å². The minimum atomic E-state index is -0.751. The zero-order valence-electron chi connectivity index (χ0n) is 10.7. The molecule has 0 aromatic heterocycles. The second-order valence-corrected chi connectivity index (χ2v) is 5.58. The molecule has 4 heteroatoms. The summed E-state index contributed by atoms with van der Waals surface area (Å²) in [5.74, 6) is -0.509. The van der Waals surface area contributed by atoms with Gasteiger partial charge < -0.3 is 10.4 Å². The highest BCUT2D eigenvalue weighted by Gasteiger charge is 2.51. The standard InChI is InChI=1S/C15H17NO3/c17-13(10-2-1-3-10)16-12-6-4-11(5-7-12)15(8-9-15)14(18)19/h4-7,10H,1-3,8-9H2,(H,16,17)(H,18,19). The monoisotopic (exact) mass is 259 g/mol. The molecule has 0 spiro atoms. The van der Waals surface area contributed by atoms with Gasteiger partial charge in [0.2, 0.25) is 5.91 Å². The average Bonchev–Trinajstić information content (AvgIpc) is 3.08. The Morgan fingerprint density at radius 2 is 1.79 bits per heavy atom. The molecule has 1 aromatic carbocycles. The summed E-state index contributed by atoms with van der Waals surface area (Å²) in [6, 6.07) is 7.23. The Bertz CT molecular complexity index is 513. The quantitative estimate of drug-likeness (QED) is 0.873. The van der Waals surface area contributed by atoms with Crippen LogP contribution in [0.15, 0.2) is 24.3 Å². The fraction of sp³-hybridized carbons (Fsp3) is 0.467. The van der Waals surface area contributed by atoms with Gasteiger partial charge >= 0.3 is 5.97 Å². The number of aliphatic carboxylic acids is 1. The van der Waals surface area contributed by atoms with Gasteiger partial charge in [-0.3, -0.25) is 9.59 Å². The van der Waals surface area contributed by atoms with E-state index in [0.29, 0.717) is 12.8 Å². The number of rotatable bonds is 4. The molecule has 2 aliphatic carbocycles. The summed E-state index contributed by atoms with van der Waals surface area (Å²) in [6.45, 7) is 0. The molecule has 3 rings (SSSR count). The lowest BCUT2D eigenvalue weighted by Crippen LogP contribution is -2.28. The fourth-order valence-corrected chi connectivity index (χ4v) is 2.54. The summed E-state index contributed by atoms with van der Waals surface area (Å²) in [7, 11) is 0. The van der Waals surface area contributed by atoms with Gasteiger partial charge in [-0.05, 0) is 43.4 Å². The van der Waals surface area contributed by atoms with Gasteiger partial charge in [-0.15, -0.1) is 0 Å². The lowest BCUT2D eigenvalue weighted by Gasteiger charge is -2.24. The first kappa shape index (κ1) is 12.2. The molecule has 2 saturated carbocycles. The Kier molecular flexibility index (Phi) is 2.81. The largest absolute Gasteiger partial charge is 0.481 e. The predicted octanol–water partition coefficient (Wildman–Crippen LogP) is 2.54. The Balaban J connectivity index is 1.69. The van der Waals surface area contributed by atoms with Gasteiger partial charge in [0, 0.05) is 11.6 Å². The van der Waals surface area contributed by atoms with Crippen molar-refractivity contribution in [3.05, 3.63) is 29.8 Å². The van der Waals surface area contributed by atoms with E-state index in [1.807, 2.05) is 12.1 Å². The first-order valence-electron chi connectivity index (χ1n) is 6.77. The van der Waals surface area contributed by atoms with E-state index >= 15 is 0 Å². The maximum atomic E-state index is 11.8. The molecule has 0 bridgehead atoms. The van der Waals surface area contributed by atoms with Gasteiger partial charge in [-0.25, -0.2) is 0 Å². The average molecular weight is 259 g/mol. The Labute approximate surface area is 111 Å². The van der Waals surface area contributed by atoms with Crippen LogP contribution in [-0.4, -0.2) is 17.0 Å². The van der Waals surface area contributed by atoms with Crippen LogP contribution in [0.25, 0.3) is 0 Å². The van der Waals surface area contributed by atoms with Crippen molar-refractivity contribution >= 4 is 17.6 Å². The number of hydrogen-bond acceptors (Lipinski definition) is 2. The van der Waals surface area contributed by atoms with Gasteiger partial charge in [-0.2, -0.15) is 0 Å². The maximum Gasteiger partial charge on any atom is 0.314 e. The normalized spacial score (nSPS) is 20.4. The molecule has 2 N–H and O–H groups in total. The number of benzene rings is 1. The van der Waals surface area contributed by atoms with Crippen molar-refractivity contribution in [1.29, 1.82) is 0 Å². The van der Waals surface area contributed by atoms with Crippen LogP contribution >= 0.6 is 0 Å². The maximum absolute atomic E-state index is 11.8. The van der Waals surface area contributed by atoms with Crippen LogP contribution in [0.2, 0.25) is 0 Å². The van der Waals surface area contributed by atoms with Crippen molar-refractivity contribution < 1.29 is 14.7 Å². The molecule has 19 heavy (non-hydrogen) atoms. The summed E-state index contributed by atoms with van der Waals surface area (Å²) >= 11 is 0. The van der Waals surface area contributed by atoms with E-state index in [-0.39, 0.29) is 11.8 Å².